The summed E-state index contributed by atoms with van der Waals surface area (Å²) in [5.74, 6) is 0. The maximum absolute atomic E-state index is 10.8. The third-order valence-electron chi connectivity index (χ3n) is 2.84. The van der Waals surface area contributed by atoms with Crippen molar-refractivity contribution in [3.8, 4) is 0 Å². The second-order valence-electron chi connectivity index (χ2n) is 4.15. The van der Waals surface area contributed by atoms with Gasteiger partial charge in [-0.25, -0.2) is 0 Å². The molecule has 2 rings (SSSR count). The van der Waals surface area contributed by atoms with E-state index in [1.54, 1.807) is 24.4 Å². The Labute approximate surface area is 111 Å². The molecule has 0 amide bonds. The van der Waals surface area contributed by atoms with Gasteiger partial charge in [-0.05, 0) is 19.0 Å². The standard InChI is InChI=1S/C13H16N4O2/c18-17(19)13-5-2-1-4-12(13)6-8-14-9-11-16-10-3-7-15-16/h1-5,7,10,14H,6,8-9,11H2. The second kappa shape index (κ2) is 6.65. The molecule has 0 aliphatic heterocycles. The quantitative estimate of drug-likeness (QED) is 0.466. The van der Waals surface area contributed by atoms with Gasteiger partial charge in [-0.2, -0.15) is 5.10 Å². The van der Waals surface area contributed by atoms with Gasteiger partial charge in [-0.3, -0.25) is 14.8 Å². The van der Waals surface area contributed by atoms with Gasteiger partial charge in [0, 0.05) is 30.6 Å². The molecule has 19 heavy (non-hydrogen) atoms. The average molecular weight is 260 g/mol. The maximum Gasteiger partial charge on any atom is 0.272 e. The summed E-state index contributed by atoms with van der Waals surface area (Å²) in [6, 6.07) is 8.73. The summed E-state index contributed by atoms with van der Waals surface area (Å²) in [4.78, 5) is 10.5. The van der Waals surface area contributed by atoms with Crippen molar-refractivity contribution < 1.29 is 4.92 Å². The Morgan fingerprint density at radius 3 is 2.84 bits per heavy atom. The molecule has 1 aromatic heterocycles. The van der Waals surface area contributed by atoms with Gasteiger partial charge < -0.3 is 5.32 Å². The number of aromatic nitrogens is 2. The zero-order valence-corrected chi connectivity index (χ0v) is 10.5. The Morgan fingerprint density at radius 1 is 1.26 bits per heavy atom. The summed E-state index contributed by atoms with van der Waals surface area (Å²) >= 11 is 0. The van der Waals surface area contributed by atoms with Gasteiger partial charge in [0.1, 0.15) is 0 Å². The molecule has 0 saturated heterocycles. The summed E-state index contributed by atoms with van der Waals surface area (Å²) < 4.78 is 1.85. The first-order valence-electron chi connectivity index (χ1n) is 6.18. The number of hydrogen-bond donors (Lipinski definition) is 1. The Morgan fingerprint density at radius 2 is 2.11 bits per heavy atom. The van der Waals surface area contributed by atoms with E-state index in [1.807, 2.05) is 23.0 Å². The van der Waals surface area contributed by atoms with E-state index in [0.717, 1.165) is 18.7 Å². The van der Waals surface area contributed by atoms with Crippen molar-refractivity contribution in [2.45, 2.75) is 13.0 Å². The summed E-state index contributed by atoms with van der Waals surface area (Å²) in [5.41, 5.74) is 0.954. The average Bonchev–Trinajstić information content (AvgIpc) is 2.92. The van der Waals surface area contributed by atoms with Gasteiger partial charge in [-0.15, -0.1) is 0 Å². The molecule has 0 aliphatic carbocycles. The maximum atomic E-state index is 10.8. The Kier molecular flexibility index (Phi) is 4.63. The number of nitrogens with one attached hydrogen (secondary N) is 1. The molecule has 0 bridgehead atoms. The van der Waals surface area contributed by atoms with Gasteiger partial charge in [0.05, 0.1) is 11.5 Å². The molecule has 0 radical (unpaired) electrons. The van der Waals surface area contributed by atoms with Crippen molar-refractivity contribution in [3.05, 3.63) is 58.4 Å². The highest BCUT2D eigenvalue weighted by atomic mass is 16.6. The highest BCUT2D eigenvalue weighted by molar-refractivity contribution is 5.39. The Bertz CT molecular complexity index is 525. The lowest BCUT2D eigenvalue weighted by Gasteiger charge is -2.05. The zero-order chi connectivity index (χ0) is 13.5. The molecule has 0 aliphatic rings. The fourth-order valence-electron chi connectivity index (χ4n) is 1.87. The number of nitro benzene ring substituents is 1. The molecule has 0 saturated carbocycles. The predicted octanol–water partition coefficient (Wildman–Crippen LogP) is 1.62. The molecule has 6 nitrogen and oxygen atoms in total. The molecule has 1 N–H and O–H groups in total. The SMILES string of the molecule is O=[N+]([O-])c1ccccc1CCNCCn1cccn1. The Balaban J connectivity index is 1.75. The van der Waals surface area contributed by atoms with Crippen LogP contribution in [0.4, 0.5) is 5.69 Å². The number of hydrogen-bond acceptors (Lipinski definition) is 4. The Hall–Kier alpha value is -2.21. The van der Waals surface area contributed by atoms with Crippen LogP contribution in [0.25, 0.3) is 0 Å². The second-order valence-corrected chi connectivity index (χ2v) is 4.15. The van der Waals surface area contributed by atoms with Gasteiger partial charge in [0.15, 0.2) is 0 Å². The smallest absolute Gasteiger partial charge is 0.272 e. The van der Waals surface area contributed by atoms with Crippen LogP contribution in [0.1, 0.15) is 5.56 Å². The summed E-state index contributed by atoms with van der Waals surface area (Å²) in [7, 11) is 0. The lowest BCUT2D eigenvalue weighted by Crippen LogP contribution is -2.22. The van der Waals surface area contributed by atoms with Crippen LogP contribution in [0.3, 0.4) is 0 Å². The van der Waals surface area contributed by atoms with Crippen LogP contribution in [0, 0.1) is 10.1 Å². The highest BCUT2D eigenvalue weighted by Crippen LogP contribution is 2.17. The van der Waals surface area contributed by atoms with Crippen molar-refractivity contribution in [3.63, 3.8) is 0 Å². The van der Waals surface area contributed by atoms with Crippen molar-refractivity contribution in [2.75, 3.05) is 13.1 Å². The lowest BCUT2D eigenvalue weighted by atomic mass is 10.1. The van der Waals surface area contributed by atoms with Gasteiger partial charge in [0.25, 0.3) is 5.69 Å². The molecule has 0 spiro atoms. The molecule has 100 valence electrons. The van der Waals surface area contributed by atoms with Crippen LogP contribution < -0.4 is 5.32 Å². The molecule has 0 atom stereocenters. The molecule has 0 fully saturated rings. The fourth-order valence-corrected chi connectivity index (χ4v) is 1.87. The summed E-state index contributed by atoms with van der Waals surface area (Å²) in [6.45, 7) is 2.30. The number of nitrogens with zero attached hydrogens (tertiary/aromatic N) is 3. The van der Waals surface area contributed by atoms with E-state index in [1.165, 1.54) is 0 Å². The molecular weight excluding hydrogens is 244 g/mol. The van der Waals surface area contributed by atoms with Crippen LogP contribution in [-0.4, -0.2) is 27.8 Å². The van der Waals surface area contributed by atoms with E-state index >= 15 is 0 Å². The van der Waals surface area contributed by atoms with Crippen LogP contribution in [0.15, 0.2) is 42.7 Å². The monoisotopic (exact) mass is 260 g/mol. The first-order chi connectivity index (χ1) is 9.27. The molecule has 6 heteroatoms. The van der Waals surface area contributed by atoms with Gasteiger partial charge in [0.2, 0.25) is 0 Å². The third-order valence-corrected chi connectivity index (χ3v) is 2.84. The number of benzene rings is 1. The number of para-hydroxylation sites is 1. The molecule has 1 heterocycles. The minimum Gasteiger partial charge on any atom is -0.315 e. The molecular formula is C13H16N4O2. The van der Waals surface area contributed by atoms with Crippen LogP contribution in [0.5, 0.6) is 0 Å². The van der Waals surface area contributed by atoms with E-state index in [9.17, 15) is 10.1 Å². The van der Waals surface area contributed by atoms with Crippen LogP contribution >= 0.6 is 0 Å². The predicted molar refractivity (Wildman–Crippen MR) is 71.9 cm³/mol. The zero-order valence-electron chi connectivity index (χ0n) is 10.5. The van der Waals surface area contributed by atoms with Gasteiger partial charge in [-0.1, -0.05) is 18.2 Å². The fraction of sp³-hybridized carbons (Fsp3) is 0.308. The first-order valence-corrected chi connectivity index (χ1v) is 6.18. The van der Waals surface area contributed by atoms with Crippen molar-refractivity contribution >= 4 is 5.69 Å². The van der Waals surface area contributed by atoms with Crippen molar-refractivity contribution in [1.29, 1.82) is 0 Å². The summed E-state index contributed by atoms with van der Waals surface area (Å²) in [6.07, 6.45) is 4.30. The minimum absolute atomic E-state index is 0.191. The molecule has 1 aromatic carbocycles. The van der Waals surface area contributed by atoms with E-state index in [0.29, 0.717) is 13.0 Å². The van der Waals surface area contributed by atoms with Crippen LogP contribution in [-0.2, 0) is 13.0 Å². The molecule has 2 aromatic rings. The highest BCUT2D eigenvalue weighted by Gasteiger charge is 2.10. The number of rotatable bonds is 7. The van der Waals surface area contributed by atoms with Crippen molar-refractivity contribution in [2.24, 2.45) is 0 Å². The van der Waals surface area contributed by atoms with Crippen molar-refractivity contribution in [1.82, 2.24) is 15.1 Å². The first kappa shape index (κ1) is 13.2. The van der Waals surface area contributed by atoms with E-state index < -0.39 is 0 Å². The minimum atomic E-state index is -0.334. The van der Waals surface area contributed by atoms with E-state index in [-0.39, 0.29) is 10.6 Å². The van der Waals surface area contributed by atoms with Crippen LogP contribution in [0.2, 0.25) is 0 Å². The van der Waals surface area contributed by atoms with Gasteiger partial charge >= 0.3 is 0 Å². The third kappa shape index (κ3) is 3.89. The largest absolute Gasteiger partial charge is 0.315 e. The molecule has 0 unspecified atom stereocenters. The van der Waals surface area contributed by atoms with E-state index in [2.05, 4.69) is 10.4 Å². The topological polar surface area (TPSA) is 73.0 Å². The normalized spacial score (nSPS) is 10.5. The summed E-state index contributed by atoms with van der Waals surface area (Å²) in [5, 5.41) is 18.2. The lowest BCUT2D eigenvalue weighted by molar-refractivity contribution is -0.385. The number of nitro groups is 1. The van der Waals surface area contributed by atoms with E-state index in [4.69, 9.17) is 0 Å².